The van der Waals surface area contributed by atoms with E-state index in [-0.39, 0.29) is 10.8 Å². The van der Waals surface area contributed by atoms with Gasteiger partial charge in [-0.25, -0.2) is 0 Å². The molecule has 0 bridgehead atoms. The van der Waals surface area contributed by atoms with E-state index in [9.17, 15) is 0 Å². The Morgan fingerprint density at radius 1 is 0.567 bits per heavy atom. The summed E-state index contributed by atoms with van der Waals surface area (Å²) in [7, 11) is 0. The molecule has 0 radical (unpaired) electrons. The monoisotopic (exact) mass is 542 g/mol. The van der Waals surface area contributed by atoms with E-state index in [1.165, 1.54) is 88.2 Å². The summed E-state index contributed by atoms with van der Waals surface area (Å²) in [6.07, 6.45) is 16.1. The maximum Gasteiger partial charge on any atom is 0.0286 e. The van der Waals surface area contributed by atoms with Crippen LogP contribution in [-0.2, 0) is 21.5 Å². The molecule has 0 saturated carbocycles. The number of hydrogen-bond acceptors (Lipinski definition) is 0. The molecule has 0 saturated heterocycles. The third-order valence-corrected chi connectivity index (χ3v) is 8.09. The molecule has 174 valence electrons. The predicted octanol–water partition coefficient (Wildman–Crippen LogP) is 10.8. The molecule has 0 unspecified atom stereocenters. The van der Waals surface area contributed by atoms with Crippen LogP contribution >= 0.6 is 31.9 Å². The van der Waals surface area contributed by atoms with Gasteiger partial charge in [-0.05, 0) is 45.9 Å². The second-order valence-corrected chi connectivity index (χ2v) is 11.7. The van der Waals surface area contributed by atoms with Crippen LogP contribution in [0.25, 0.3) is 0 Å². The van der Waals surface area contributed by atoms with E-state index in [2.05, 4.69) is 85.5 Å². The minimum Gasteiger partial charge on any atom is -0.0876 e. The summed E-state index contributed by atoms with van der Waals surface area (Å²) in [6, 6.07) is 5.07. The summed E-state index contributed by atoms with van der Waals surface area (Å²) in [4.78, 5) is 0. The third kappa shape index (κ3) is 8.97. The Labute approximate surface area is 205 Å². The largest absolute Gasteiger partial charge is 0.0876 e. The zero-order valence-electron chi connectivity index (χ0n) is 20.8. The maximum absolute atomic E-state index is 3.82. The van der Waals surface area contributed by atoms with Crippen molar-refractivity contribution in [2.45, 2.75) is 140 Å². The summed E-state index contributed by atoms with van der Waals surface area (Å²) in [5.41, 5.74) is 6.54. The molecule has 0 aliphatic heterocycles. The Bertz CT molecular complexity index is 547. The van der Waals surface area contributed by atoms with Gasteiger partial charge in [0.2, 0.25) is 0 Å². The predicted molar refractivity (Wildman–Crippen MR) is 145 cm³/mol. The van der Waals surface area contributed by atoms with Crippen LogP contribution in [0.3, 0.4) is 0 Å². The van der Waals surface area contributed by atoms with Crippen molar-refractivity contribution < 1.29 is 0 Å². The fourth-order valence-electron chi connectivity index (χ4n) is 4.78. The van der Waals surface area contributed by atoms with Crippen molar-refractivity contribution in [3.8, 4) is 0 Å². The highest BCUT2D eigenvalue weighted by Gasteiger charge is 2.28. The average molecular weight is 545 g/mol. The van der Waals surface area contributed by atoms with E-state index in [4.69, 9.17) is 0 Å². The molecule has 30 heavy (non-hydrogen) atoms. The summed E-state index contributed by atoms with van der Waals surface area (Å²) >= 11 is 7.64. The highest BCUT2D eigenvalue weighted by atomic mass is 79.9. The molecule has 1 rings (SSSR count). The Morgan fingerprint density at radius 2 is 0.900 bits per heavy atom. The SMILES string of the molecule is CCCCCCCC(C)(C)c1cc(CBr)c(C(C)(C)CCCCCCC)cc1CBr. The zero-order chi connectivity index (χ0) is 22.6. The highest BCUT2D eigenvalue weighted by Crippen LogP contribution is 2.40. The van der Waals surface area contributed by atoms with Crippen molar-refractivity contribution >= 4 is 31.9 Å². The van der Waals surface area contributed by atoms with Crippen LogP contribution in [0.1, 0.15) is 141 Å². The van der Waals surface area contributed by atoms with Crippen molar-refractivity contribution in [3.63, 3.8) is 0 Å². The van der Waals surface area contributed by atoms with Crippen LogP contribution in [0.15, 0.2) is 12.1 Å². The lowest BCUT2D eigenvalue weighted by Gasteiger charge is -2.33. The van der Waals surface area contributed by atoms with Crippen molar-refractivity contribution in [1.82, 2.24) is 0 Å². The van der Waals surface area contributed by atoms with Gasteiger partial charge in [0, 0.05) is 10.7 Å². The second-order valence-electron chi connectivity index (χ2n) is 10.5. The van der Waals surface area contributed by atoms with Crippen molar-refractivity contribution in [1.29, 1.82) is 0 Å². The molecule has 0 spiro atoms. The van der Waals surface area contributed by atoms with Gasteiger partial charge >= 0.3 is 0 Å². The molecule has 0 aliphatic carbocycles. The van der Waals surface area contributed by atoms with Crippen LogP contribution in [0.5, 0.6) is 0 Å². The van der Waals surface area contributed by atoms with Gasteiger partial charge in [-0.2, -0.15) is 0 Å². The van der Waals surface area contributed by atoms with Crippen LogP contribution in [0, 0.1) is 0 Å². The molecule has 0 fully saturated rings. The molecule has 0 heterocycles. The van der Waals surface area contributed by atoms with E-state index in [1.807, 2.05) is 0 Å². The number of alkyl halides is 2. The summed E-state index contributed by atoms with van der Waals surface area (Å²) in [6.45, 7) is 14.4. The lowest BCUT2D eigenvalue weighted by molar-refractivity contribution is 0.433. The number of rotatable bonds is 16. The van der Waals surface area contributed by atoms with Gasteiger partial charge in [0.15, 0.2) is 0 Å². The molecule has 0 aliphatic rings. The smallest absolute Gasteiger partial charge is 0.0286 e. The third-order valence-electron chi connectivity index (χ3n) is 6.89. The van der Waals surface area contributed by atoms with Crippen LogP contribution in [-0.4, -0.2) is 0 Å². The molecule has 2 heteroatoms. The topological polar surface area (TPSA) is 0 Å². The molecule has 0 N–H and O–H groups in total. The van der Waals surface area contributed by atoms with E-state index < -0.39 is 0 Å². The minimum atomic E-state index is 0.231. The van der Waals surface area contributed by atoms with E-state index in [1.54, 1.807) is 11.1 Å². The number of hydrogen-bond donors (Lipinski definition) is 0. The Hall–Kier alpha value is 0.180. The van der Waals surface area contributed by atoms with Crippen molar-refractivity contribution in [2.75, 3.05) is 0 Å². The Balaban J connectivity index is 3.02. The first kappa shape index (κ1) is 28.2. The standard InChI is InChI=1S/C28H48Br2/c1-7-9-11-13-15-17-27(3,4)25-19-24(22-30)26(20-23(25)21-29)28(5,6)18-16-14-12-10-8-2/h19-20H,7-18,21-22H2,1-6H3. The number of halogens is 2. The van der Waals surface area contributed by atoms with Gasteiger partial charge in [-0.15, -0.1) is 0 Å². The lowest BCUT2D eigenvalue weighted by atomic mass is 9.72. The van der Waals surface area contributed by atoms with Crippen LogP contribution < -0.4 is 0 Å². The first-order valence-corrected chi connectivity index (χ1v) is 14.8. The highest BCUT2D eigenvalue weighted by molar-refractivity contribution is 9.08. The molecule has 0 nitrogen and oxygen atoms in total. The fourth-order valence-corrected chi connectivity index (χ4v) is 5.71. The summed E-state index contributed by atoms with van der Waals surface area (Å²) in [5, 5.41) is 1.90. The molecule has 1 aromatic carbocycles. The number of benzene rings is 1. The van der Waals surface area contributed by atoms with Crippen LogP contribution in [0.2, 0.25) is 0 Å². The molecular formula is C28H48Br2. The average Bonchev–Trinajstić information content (AvgIpc) is 2.72. The van der Waals surface area contributed by atoms with E-state index >= 15 is 0 Å². The normalized spacial score (nSPS) is 12.5. The zero-order valence-corrected chi connectivity index (χ0v) is 24.0. The molecular weight excluding hydrogens is 496 g/mol. The lowest BCUT2D eigenvalue weighted by Crippen LogP contribution is -2.24. The first-order chi connectivity index (χ1) is 14.2. The molecule has 0 amide bonds. The second kappa shape index (κ2) is 14.4. The Kier molecular flexibility index (Phi) is 13.5. The fraction of sp³-hybridized carbons (Fsp3) is 0.786. The molecule has 1 aromatic rings. The van der Waals surface area contributed by atoms with Gasteiger partial charge in [0.25, 0.3) is 0 Å². The summed E-state index contributed by atoms with van der Waals surface area (Å²) in [5.74, 6) is 0. The van der Waals surface area contributed by atoms with E-state index in [0.29, 0.717) is 0 Å². The number of unbranched alkanes of at least 4 members (excludes halogenated alkanes) is 8. The van der Waals surface area contributed by atoms with Gasteiger partial charge in [-0.1, -0.05) is 150 Å². The van der Waals surface area contributed by atoms with Crippen LogP contribution in [0.4, 0.5) is 0 Å². The maximum atomic E-state index is 3.82. The summed E-state index contributed by atoms with van der Waals surface area (Å²) < 4.78 is 0. The minimum absolute atomic E-state index is 0.231. The first-order valence-electron chi connectivity index (χ1n) is 12.5. The van der Waals surface area contributed by atoms with Crippen molar-refractivity contribution in [2.24, 2.45) is 0 Å². The van der Waals surface area contributed by atoms with Gasteiger partial charge in [-0.3, -0.25) is 0 Å². The van der Waals surface area contributed by atoms with Gasteiger partial charge < -0.3 is 0 Å². The van der Waals surface area contributed by atoms with Gasteiger partial charge in [0.05, 0.1) is 0 Å². The molecule has 0 atom stereocenters. The Morgan fingerprint density at radius 3 is 1.20 bits per heavy atom. The van der Waals surface area contributed by atoms with Crippen molar-refractivity contribution in [3.05, 3.63) is 34.4 Å². The molecule has 0 aromatic heterocycles. The quantitative estimate of drug-likeness (QED) is 0.143. The van der Waals surface area contributed by atoms with E-state index in [0.717, 1.165) is 10.7 Å². The van der Waals surface area contributed by atoms with Gasteiger partial charge in [0.1, 0.15) is 0 Å².